The number of halogens is 2. The Balaban J connectivity index is 2.54. The molecule has 0 atom stereocenters. The number of rotatable bonds is 4. The Labute approximate surface area is 140 Å². The Morgan fingerprint density at radius 3 is 2.71 bits per heavy atom. The Kier molecular flexibility index (Phi) is 4.82. The molecular formula is C14H16FIN2O2S. The second kappa shape index (κ2) is 6.12. The van der Waals surface area contributed by atoms with Crippen molar-refractivity contribution in [2.75, 3.05) is 5.75 Å². The average Bonchev–Trinajstić information content (AvgIpc) is 2.63. The second-order valence-electron chi connectivity index (χ2n) is 5.98. The van der Waals surface area contributed by atoms with Gasteiger partial charge in [-0.3, -0.25) is 4.79 Å². The van der Waals surface area contributed by atoms with Crippen LogP contribution in [0.2, 0.25) is 0 Å². The van der Waals surface area contributed by atoms with E-state index in [4.69, 9.17) is 5.11 Å². The van der Waals surface area contributed by atoms with Crippen LogP contribution >= 0.6 is 34.4 Å². The van der Waals surface area contributed by atoms with E-state index < -0.39 is 5.97 Å². The number of aliphatic carboxylic acids is 1. The normalized spacial score (nSPS) is 12.0. The van der Waals surface area contributed by atoms with Crippen molar-refractivity contribution in [2.45, 2.75) is 32.5 Å². The number of hydrogen-bond donors (Lipinski definition) is 1. The number of hydrogen-bond acceptors (Lipinski definition) is 3. The predicted molar refractivity (Wildman–Crippen MR) is 90.2 cm³/mol. The maximum absolute atomic E-state index is 13.8. The third-order valence-electron chi connectivity index (χ3n) is 2.71. The molecule has 7 heteroatoms. The lowest BCUT2D eigenvalue weighted by atomic mass is 9.97. The molecule has 1 N–H and O–H groups in total. The zero-order valence-electron chi connectivity index (χ0n) is 12.0. The fraction of sp³-hybridized carbons (Fsp3) is 0.429. The van der Waals surface area contributed by atoms with Crippen molar-refractivity contribution in [1.29, 1.82) is 0 Å². The highest BCUT2D eigenvalue weighted by atomic mass is 127. The van der Waals surface area contributed by atoms with Gasteiger partial charge >= 0.3 is 5.97 Å². The number of fused-ring (bicyclic) bond motifs is 1. The number of imidazole rings is 1. The first-order chi connectivity index (χ1) is 9.67. The van der Waals surface area contributed by atoms with E-state index in [-0.39, 0.29) is 17.0 Å². The lowest BCUT2D eigenvalue weighted by Gasteiger charge is -2.21. The summed E-state index contributed by atoms with van der Waals surface area (Å²) in [7, 11) is 0. The fourth-order valence-corrected chi connectivity index (χ4v) is 3.15. The summed E-state index contributed by atoms with van der Waals surface area (Å²) in [6.07, 6.45) is 0. The molecule has 0 aliphatic carbocycles. The van der Waals surface area contributed by atoms with E-state index in [9.17, 15) is 9.18 Å². The Bertz CT molecular complexity index is 694. The number of carboxylic acid groups (broad SMARTS) is 1. The van der Waals surface area contributed by atoms with Gasteiger partial charge in [-0.05, 0) is 34.1 Å². The van der Waals surface area contributed by atoms with Gasteiger partial charge in [0.2, 0.25) is 0 Å². The van der Waals surface area contributed by atoms with Crippen molar-refractivity contribution in [3.63, 3.8) is 0 Å². The summed E-state index contributed by atoms with van der Waals surface area (Å²) in [4.78, 5) is 15.2. The lowest BCUT2D eigenvalue weighted by Crippen LogP contribution is -2.16. The highest BCUT2D eigenvalue weighted by Crippen LogP contribution is 2.30. The first-order valence-electron chi connectivity index (χ1n) is 6.37. The van der Waals surface area contributed by atoms with E-state index in [1.54, 1.807) is 6.07 Å². The highest BCUT2D eigenvalue weighted by molar-refractivity contribution is 14.1. The van der Waals surface area contributed by atoms with Gasteiger partial charge in [0.25, 0.3) is 0 Å². The summed E-state index contributed by atoms with van der Waals surface area (Å²) in [6.45, 7) is 6.88. The van der Waals surface area contributed by atoms with Gasteiger partial charge in [0, 0.05) is 12.6 Å². The van der Waals surface area contributed by atoms with E-state index in [0.717, 1.165) is 11.8 Å². The molecule has 0 radical (unpaired) electrons. The number of carbonyl (C=O) groups is 1. The summed E-state index contributed by atoms with van der Waals surface area (Å²) >= 11 is 3.09. The lowest BCUT2D eigenvalue weighted by molar-refractivity contribution is -0.133. The first-order valence-corrected chi connectivity index (χ1v) is 8.44. The first kappa shape index (κ1) is 16.5. The van der Waals surface area contributed by atoms with Gasteiger partial charge in [-0.15, -0.1) is 0 Å². The molecule has 0 spiro atoms. The number of nitrogens with zero attached hydrogens (tertiary/aromatic N) is 2. The molecule has 4 nitrogen and oxygen atoms in total. The predicted octanol–water partition coefficient (Wildman–Crippen LogP) is 4.00. The quantitative estimate of drug-likeness (QED) is 0.598. The summed E-state index contributed by atoms with van der Waals surface area (Å²) in [5.41, 5.74) is 1.37. The van der Waals surface area contributed by atoms with E-state index in [1.807, 2.05) is 27.2 Å². The molecule has 1 aromatic heterocycles. The van der Waals surface area contributed by atoms with Crippen LogP contribution in [0.1, 0.15) is 20.8 Å². The van der Waals surface area contributed by atoms with Gasteiger partial charge in [-0.2, -0.15) is 0 Å². The van der Waals surface area contributed by atoms with E-state index in [1.165, 1.54) is 6.07 Å². The molecule has 1 heterocycles. The third kappa shape index (κ3) is 4.09. The molecule has 0 aliphatic rings. The van der Waals surface area contributed by atoms with Gasteiger partial charge < -0.3 is 9.67 Å². The molecule has 0 unspecified atom stereocenters. The van der Waals surface area contributed by atoms with Gasteiger partial charge in [0.05, 0.1) is 20.4 Å². The molecule has 0 fully saturated rings. The zero-order valence-corrected chi connectivity index (χ0v) is 15.0. The van der Waals surface area contributed by atoms with Crippen LogP contribution in [0.3, 0.4) is 0 Å². The van der Waals surface area contributed by atoms with E-state index in [0.29, 0.717) is 26.3 Å². The molecule has 0 amide bonds. The Morgan fingerprint density at radius 1 is 1.48 bits per heavy atom. The number of carboxylic acids is 1. The smallest absolute Gasteiger partial charge is 0.313 e. The minimum Gasteiger partial charge on any atom is -0.481 e. The van der Waals surface area contributed by atoms with Crippen LogP contribution in [0.5, 0.6) is 0 Å². The van der Waals surface area contributed by atoms with Crippen LogP contribution in [0.4, 0.5) is 4.39 Å². The molecule has 2 aromatic rings. The second-order valence-corrected chi connectivity index (χ2v) is 8.08. The van der Waals surface area contributed by atoms with Gasteiger partial charge in [-0.1, -0.05) is 32.5 Å². The van der Waals surface area contributed by atoms with Gasteiger partial charge in [0.15, 0.2) is 5.16 Å². The van der Waals surface area contributed by atoms with Crippen LogP contribution in [-0.2, 0) is 11.3 Å². The minimum atomic E-state index is -0.893. The maximum atomic E-state index is 13.8. The standard InChI is InChI=1S/C14H16FIN2O2S/c1-14(2,3)7-18-11-4-8(15)9(16)5-10(11)17-13(18)21-6-12(19)20/h4-5H,6-7H2,1-3H3,(H,19,20). The Hall–Kier alpha value is -0.830. The molecule has 2 rings (SSSR count). The minimum absolute atomic E-state index is 0.0222. The molecule has 0 bridgehead atoms. The van der Waals surface area contributed by atoms with Gasteiger partial charge in [0.1, 0.15) is 5.82 Å². The van der Waals surface area contributed by atoms with E-state index >= 15 is 0 Å². The fourth-order valence-electron chi connectivity index (χ4n) is 1.96. The molecule has 0 saturated carbocycles. The molecule has 21 heavy (non-hydrogen) atoms. The SMILES string of the molecule is CC(C)(C)Cn1c(SCC(=O)O)nc2cc(I)c(F)cc21. The number of benzene rings is 1. The van der Waals surface area contributed by atoms with Crippen molar-refractivity contribution >= 4 is 51.4 Å². The van der Waals surface area contributed by atoms with Crippen molar-refractivity contribution in [2.24, 2.45) is 5.41 Å². The summed E-state index contributed by atoms with van der Waals surface area (Å²) < 4.78 is 16.2. The molecule has 1 aromatic carbocycles. The molecule has 0 aliphatic heterocycles. The van der Waals surface area contributed by atoms with Crippen molar-refractivity contribution in [1.82, 2.24) is 9.55 Å². The van der Waals surface area contributed by atoms with Crippen LogP contribution in [-0.4, -0.2) is 26.4 Å². The van der Waals surface area contributed by atoms with Crippen LogP contribution in [0.25, 0.3) is 11.0 Å². The zero-order chi connectivity index (χ0) is 15.8. The molecule has 114 valence electrons. The largest absolute Gasteiger partial charge is 0.481 e. The van der Waals surface area contributed by atoms with E-state index in [2.05, 4.69) is 25.8 Å². The summed E-state index contributed by atoms with van der Waals surface area (Å²) in [5, 5.41) is 9.46. The Morgan fingerprint density at radius 2 is 2.14 bits per heavy atom. The van der Waals surface area contributed by atoms with Crippen LogP contribution in [0.15, 0.2) is 17.3 Å². The van der Waals surface area contributed by atoms with Crippen LogP contribution in [0, 0.1) is 14.8 Å². The van der Waals surface area contributed by atoms with Crippen molar-refractivity contribution in [3.8, 4) is 0 Å². The molecule has 0 saturated heterocycles. The molecular weight excluding hydrogens is 406 g/mol. The van der Waals surface area contributed by atoms with Crippen molar-refractivity contribution < 1.29 is 14.3 Å². The topological polar surface area (TPSA) is 55.1 Å². The summed E-state index contributed by atoms with van der Waals surface area (Å²) in [6, 6.07) is 3.16. The highest BCUT2D eigenvalue weighted by Gasteiger charge is 2.19. The number of aromatic nitrogens is 2. The average molecular weight is 422 g/mol. The monoisotopic (exact) mass is 422 g/mol. The maximum Gasteiger partial charge on any atom is 0.313 e. The summed E-state index contributed by atoms with van der Waals surface area (Å²) in [5.74, 6) is -1.24. The third-order valence-corrected chi connectivity index (χ3v) is 4.50. The van der Waals surface area contributed by atoms with Gasteiger partial charge in [-0.25, -0.2) is 9.37 Å². The van der Waals surface area contributed by atoms with Crippen LogP contribution < -0.4 is 0 Å². The number of thioether (sulfide) groups is 1. The van der Waals surface area contributed by atoms with Crippen molar-refractivity contribution in [3.05, 3.63) is 21.5 Å².